The Morgan fingerprint density at radius 3 is 2.81 bits per heavy atom. The smallest absolute Gasteiger partial charge is 0.341 e. The largest absolute Gasteiger partial charge is 0.462 e. The number of anilines is 1. The second-order valence-corrected chi connectivity index (χ2v) is 5.53. The maximum Gasteiger partial charge on any atom is 0.341 e. The molecule has 0 aromatic carbocycles. The van der Waals surface area contributed by atoms with Crippen molar-refractivity contribution in [3.05, 3.63) is 35.0 Å². The Hall–Kier alpha value is -2.15. The molecule has 0 radical (unpaired) electrons. The van der Waals surface area contributed by atoms with Crippen molar-refractivity contribution in [2.75, 3.05) is 11.9 Å². The SMILES string of the molecule is CCOC(=O)c1ccsc1NC(=O)c1ccn(C(C)C)n1. The number of rotatable bonds is 5. The van der Waals surface area contributed by atoms with Gasteiger partial charge in [-0.25, -0.2) is 4.79 Å². The predicted molar refractivity (Wildman–Crippen MR) is 80.8 cm³/mol. The van der Waals surface area contributed by atoms with Gasteiger partial charge >= 0.3 is 5.97 Å². The maximum absolute atomic E-state index is 12.1. The van der Waals surface area contributed by atoms with Gasteiger partial charge in [0, 0.05) is 12.2 Å². The summed E-state index contributed by atoms with van der Waals surface area (Å²) in [5.74, 6) is -0.788. The first-order chi connectivity index (χ1) is 10.0. The van der Waals surface area contributed by atoms with Crippen LogP contribution < -0.4 is 5.32 Å². The number of nitrogens with one attached hydrogen (secondary N) is 1. The Labute approximate surface area is 126 Å². The molecule has 0 aliphatic rings. The Kier molecular flexibility index (Phi) is 4.74. The standard InChI is InChI=1S/C14H17N3O3S/c1-4-20-14(19)10-6-8-21-13(10)15-12(18)11-5-7-17(16-11)9(2)3/h5-9H,4H2,1-3H3,(H,15,18). The molecule has 1 N–H and O–H groups in total. The van der Waals surface area contributed by atoms with Crippen molar-refractivity contribution in [1.29, 1.82) is 0 Å². The quantitative estimate of drug-likeness (QED) is 0.862. The Balaban J connectivity index is 2.12. The highest BCUT2D eigenvalue weighted by Crippen LogP contribution is 2.24. The zero-order valence-corrected chi connectivity index (χ0v) is 12.9. The molecular weight excluding hydrogens is 290 g/mol. The van der Waals surface area contributed by atoms with Gasteiger partial charge in [-0.2, -0.15) is 5.10 Å². The van der Waals surface area contributed by atoms with Crippen LogP contribution in [0, 0.1) is 0 Å². The zero-order valence-electron chi connectivity index (χ0n) is 12.1. The molecule has 112 valence electrons. The molecule has 6 nitrogen and oxygen atoms in total. The van der Waals surface area contributed by atoms with E-state index in [0.29, 0.717) is 22.9 Å². The third-order valence-corrected chi connectivity index (χ3v) is 3.59. The number of esters is 1. The molecule has 0 aliphatic carbocycles. The summed E-state index contributed by atoms with van der Waals surface area (Å²) in [5, 5.41) is 9.10. The van der Waals surface area contributed by atoms with E-state index >= 15 is 0 Å². The van der Waals surface area contributed by atoms with E-state index < -0.39 is 5.97 Å². The number of amides is 1. The maximum atomic E-state index is 12.1. The fourth-order valence-corrected chi connectivity index (χ4v) is 2.46. The summed E-state index contributed by atoms with van der Waals surface area (Å²) in [4.78, 5) is 23.9. The van der Waals surface area contributed by atoms with E-state index in [-0.39, 0.29) is 11.9 Å². The average Bonchev–Trinajstić information content (AvgIpc) is 3.07. The fourth-order valence-electron chi connectivity index (χ4n) is 1.69. The van der Waals surface area contributed by atoms with Gasteiger partial charge in [0.1, 0.15) is 5.00 Å². The number of carbonyl (C=O) groups excluding carboxylic acids is 2. The molecule has 0 aliphatic heterocycles. The summed E-state index contributed by atoms with van der Waals surface area (Å²) in [6.07, 6.45) is 1.75. The van der Waals surface area contributed by atoms with E-state index in [2.05, 4.69) is 10.4 Å². The van der Waals surface area contributed by atoms with Crippen molar-refractivity contribution in [3.63, 3.8) is 0 Å². The van der Waals surface area contributed by atoms with E-state index in [1.165, 1.54) is 11.3 Å². The molecule has 0 saturated heterocycles. The first kappa shape index (κ1) is 15.2. The van der Waals surface area contributed by atoms with E-state index in [1.54, 1.807) is 35.3 Å². The molecule has 2 aromatic heterocycles. The summed E-state index contributed by atoms with van der Waals surface area (Å²) in [7, 11) is 0. The van der Waals surface area contributed by atoms with Gasteiger partial charge in [-0.05, 0) is 38.3 Å². The number of aromatic nitrogens is 2. The first-order valence-electron chi connectivity index (χ1n) is 6.64. The second-order valence-electron chi connectivity index (χ2n) is 4.61. The van der Waals surface area contributed by atoms with E-state index in [1.807, 2.05) is 13.8 Å². The first-order valence-corrected chi connectivity index (χ1v) is 7.52. The minimum atomic E-state index is -0.443. The highest BCUT2D eigenvalue weighted by Gasteiger charge is 2.18. The number of carbonyl (C=O) groups is 2. The van der Waals surface area contributed by atoms with Crippen LogP contribution in [-0.4, -0.2) is 28.3 Å². The lowest BCUT2D eigenvalue weighted by molar-refractivity contribution is 0.0528. The fraction of sp³-hybridized carbons (Fsp3) is 0.357. The minimum absolute atomic E-state index is 0.184. The topological polar surface area (TPSA) is 73.2 Å². The molecule has 2 aromatic rings. The normalized spacial score (nSPS) is 10.7. The van der Waals surface area contributed by atoms with Crippen LogP contribution in [0.15, 0.2) is 23.7 Å². The van der Waals surface area contributed by atoms with E-state index in [9.17, 15) is 9.59 Å². The molecule has 2 heterocycles. The highest BCUT2D eigenvalue weighted by atomic mass is 32.1. The van der Waals surface area contributed by atoms with Crippen LogP contribution in [0.3, 0.4) is 0 Å². The average molecular weight is 307 g/mol. The third kappa shape index (κ3) is 3.49. The van der Waals surface area contributed by atoms with Crippen LogP contribution in [-0.2, 0) is 4.74 Å². The number of hydrogen-bond acceptors (Lipinski definition) is 5. The molecule has 1 amide bonds. The second kappa shape index (κ2) is 6.53. The van der Waals surface area contributed by atoms with Gasteiger partial charge in [0.2, 0.25) is 0 Å². The summed E-state index contributed by atoms with van der Waals surface area (Å²) in [5.41, 5.74) is 0.672. The number of ether oxygens (including phenoxy) is 1. The van der Waals surface area contributed by atoms with Crippen molar-refractivity contribution in [2.45, 2.75) is 26.8 Å². The van der Waals surface area contributed by atoms with E-state index in [4.69, 9.17) is 4.74 Å². The van der Waals surface area contributed by atoms with Gasteiger partial charge in [-0.15, -0.1) is 11.3 Å². The molecule has 21 heavy (non-hydrogen) atoms. The van der Waals surface area contributed by atoms with Crippen LogP contribution >= 0.6 is 11.3 Å². The Bertz CT molecular complexity index is 645. The lowest BCUT2D eigenvalue weighted by Gasteiger charge is -2.05. The number of nitrogens with zero attached hydrogens (tertiary/aromatic N) is 2. The zero-order chi connectivity index (χ0) is 15.4. The summed E-state index contributed by atoms with van der Waals surface area (Å²) in [6.45, 7) is 5.99. The number of thiophene rings is 1. The molecule has 0 fully saturated rings. The van der Waals surface area contributed by atoms with Crippen LogP contribution in [0.5, 0.6) is 0 Å². The van der Waals surface area contributed by atoms with Crippen LogP contribution in [0.2, 0.25) is 0 Å². The molecule has 0 bridgehead atoms. The van der Waals surface area contributed by atoms with Gasteiger partial charge in [0.05, 0.1) is 12.2 Å². The van der Waals surface area contributed by atoms with Gasteiger partial charge in [-0.3, -0.25) is 9.48 Å². The van der Waals surface area contributed by atoms with E-state index in [0.717, 1.165) is 0 Å². The van der Waals surface area contributed by atoms with Crippen molar-refractivity contribution in [2.24, 2.45) is 0 Å². The molecule has 0 saturated carbocycles. The minimum Gasteiger partial charge on any atom is -0.462 e. The van der Waals surface area contributed by atoms with Gasteiger partial charge in [0.15, 0.2) is 5.69 Å². The van der Waals surface area contributed by atoms with Crippen LogP contribution in [0.25, 0.3) is 0 Å². The number of hydrogen-bond donors (Lipinski definition) is 1. The lowest BCUT2D eigenvalue weighted by Crippen LogP contribution is -2.15. The Morgan fingerprint density at radius 1 is 1.43 bits per heavy atom. The van der Waals surface area contributed by atoms with Gasteiger partial charge in [-0.1, -0.05) is 0 Å². The molecular formula is C14H17N3O3S. The third-order valence-electron chi connectivity index (χ3n) is 2.76. The van der Waals surface area contributed by atoms with Crippen LogP contribution in [0.4, 0.5) is 5.00 Å². The summed E-state index contributed by atoms with van der Waals surface area (Å²) in [6, 6.07) is 3.46. The molecule has 2 rings (SSSR count). The lowest BCUT2D eigenvalue weighted by atomic mass is 10.3. The van der Waals surface area contributed by atoms with Gasteiger partial charge in [0.25, 0.3) is 5.91 Å². The Morgan fingerprint density at radius 2 is 2.19 bits per heavy atom. The van der Waals surface area contributed by atoms with Gasteiger partial charge < -0.3 is 10.1 Å². The summed E-state index contributed by atoms with van der Waals surface area (Å²) < 4.78 is 6.65. The van der Waals surface area contributed by atoms with Crippen molar-refractivity contribution >= 4 is 28.2 Å². The van der Waals surface area contributed by atoms with Crippen molar-refractivity contribution < 1.29 is 14.3 Å². The van der Waals surface area contributed by atoms with Crippen molar-refractivity contribution in [1.82, 2.24) is 9.78 Å². The highest BCUT2D eigenvalue weighted by molar-refractivity contribution is 7.14. The monoisotopic (exact) mass is 307 g/mol. The van der Waals surface area contributed by atoms with Crippen molar-refractivity contribution in [3.8, 4) is 0 Å². The summed E-state index contributed by atoms with van der Waals surface area (Å²) >= 11 is 1.27. The molecule has 0 spiro atoms. The molecule has 7 heteroatoms. The molecule has 0 unspecified atom stereocenters. The molecule has 0 atom stereocenters. The predicted octanol–water partition coefficient (Wildman–Crippen LogP) is 2.95. The van der Waals surface area contributed by atoms with Crippen LogP contribution in [0.1, 0.15) is 47.7 Å².